The molecule has 0 aliphatic carbocycles. The standard InChI is InChI=1S/C20H16FN5O3/c1-29-16-7-5-13(6-8-16)17-10-18-20(28)25(22-12-26(18)24-17)11-19(27)23-15-4-2-3-14(21)9-15/h2-10,12H,11H2,1H3,(H,23,27). The number of carbonyl (C=O) groups is 1. The predicted octanol–water partition coefficient (Wildman–Crippen LogP) is 2.34. The molecule has 0 fully saturated rings. The number of benzene rings is 2. The molecule has 0 saturated heterocycles. The molecule has 2 heterocycles. The van der Waals surface area contributed by atoms with Crippen molar-refractivity contribution in [3.05, 3.63) is 77.1 Å². The van der Waals surface area contributed by atoms with Gasteiger partial charge in [-0.25, -0.2) is 13.6 Å². The summed E-state index contributed by atoms with van der Waals surface area (Å²) in [5, 5.41) is 10.9. The molecular weight excluding hydrogens is 377 g/mol. The summed E-state index contributed by atoms with van der Waals surface area (Å²) in [6, 6.07) is 14.4. The first-order chi connectivity index (χ1) is 14.0. The van der Waals surface area contributed by atoms with Gasteiger partial charge in [-0.05, 0) is 48.5 Å². The number of rotatable bonds is 5. The van der Waals surface area contributed by atoms with Crippen LogP contribution in [-0.4, -0.2) is 32.4 Å². The van der Waals surface area contributed by atoms with Crippen LogP contribution in [0.2, 0.25) is 0 Å². The first-order valence-corrected chi connectivity index (χ1v) is 8.69. The molecule has 1 N–H and O–H groups in total. The zero-order valence-electron chi connectivity index (χ0n) is 15.4. The van der Waals surface area contributed by atoms with Crippen molar-refractivity contribution in [2.24, 2.45) is 0 Å². The number of fused-ring (bicyclic) bond motifs is 1. The molecule has 4 rings (SSSR count). The van der Waals surface area contributed by atoms with Gasteiger partial charge < -0.3 is 10.1 Å². The summed E-state index contributed by atoms with van der Waals surface area (Å²) in [5.41, 5.74) is 1.52. The molecule has 0 unspecified atom stereocenters. The predicted molar refractivity (Wildman–Crippen MR) is 104 cm³/mol. The molecule has 0 aliphatic rings. The summed E-state index contributed by atoms with van der Waals surface area (Å²) < 4.78 is 20.8. The summed E-state index contributed by atoms with van der Waals surface area (Å²) in [4.78, 5) is 24.9. The van der Waals surface area contributed by atoms with Gasteiger partial charge in [0, 0.05) is 11.3 Å². The molecule has 9 heteroatoms. The van der Waals surface area contributed by atoms with Crippen LogP contribution in [0.25, 0.3) is 16.8 Å². The molecule has 0 radical (unpaired) electrons. The minimum absolute atomic E-state index is 0.282. The van der Waals surface area contributed by atoms with Crippen LogP contribution in [0.1, 0.15) is 0 Å². The number of ether oxygens (including phenoxy) is 1. The Labute approximate surface area is 164 Å². The number of methoxy groups -OCH3 is 1. The number of halogens is 1. The van der Waals surface area contributed by atoms with Crippen LogP contribution >= 0.6 is 0 Å². The van der Waals surface area contributed by atoms with Crippen LogP contribution in [-0.2, 0) is 11.3 Å². The molecule has 0 saturated carbocycles. The quantitative estimate of drug-likeness (QED) is 0.562. The van der Waals surface area contributed by atoms with Gasteiger partial charge in [0.05, 0.1) is 12.8 Å². The second-order valence-corrected chi connectivity index (χ2v) is 6.24. The number of nitrogens with zero attached hydrogens (tertiary/aromatic N) is 4. The largest absolute Gasteiger partial charge is 0.497 e. The van der Waals surface area contributed by atoms with E-state index in [1.54, 1.807) is 31.4 Å². The topological polar surface area (TPSA) is 90.5 Å². The highest BCUT2D eigenvalue weighted by Crippen LogP contribution is 2.21. The fourth-order valence-electron chi connectivity index (χ4n) is 2.86. The van der Waals surface area contributed by atoms with Gasteiger partial charge >= 0.3 is 0 Å². The lowest BCUT2D eigenvalue weighted by Gasteiger charge is -2.06. The number of nitrogens with one attached hydrogen (secondary N) is 1. The number of carbonyl (C=O) groups excluding carboxylic acids is 1. The lowest BCUT2D eigenvalue weighted by Crippen LogP contribution is -2.30. The Morgan fingerprint density at radius 3 is 2.69 bits per heavy atom. The molecule has 0 aliphatic heterocycles. The van der Waals surface area contributed by atoms with E-state index in [2.05, 4.69) is 15.5 Å². The Kier molecular flexibility index (Phi) is 4.78. The Morgan fingerprint density at radius 1 is 1.17 bits per heavy atom. The van der Waals surface area contributed by atoms with Crippen molar-refractivity contribution >= 4 is 17.1 Å². The number of anilines is 1. The molecule has 2 aromatic carbocycles. The summed E-state index contributed by atoms with van der Waals surface area (Å²) >= 11 is 0. The van der Waals surface area contributed by atoms with Crippen LogP contribution in [0.4, 0.5) is 10.1 Å². The summed E-state index contributed by atoms with van der Waals surface area (Å²) in [7, 11) is 1.58. The van der Waals surface area contributed by atoms with Gasteiger partial charge in [-0.15, -0.1) is 0 Å². The Morgan fingerprint density at radius 2 is 1.97 bits per heavy atom. The maximum absolute atomic E-state index is 13.2. The van der Waals surface area contributed by atoms with Gasteiger partial charge in [0.1, 0.15) is 30.0 Å². The molecule has 1 amide bonds. The third-order valence-corrected chi connectivity index (χ3v) is 4.28. The van der Waals surface area contributed by atoms with Crippen molar-refractivity contribution in [3.63, 3.8) is 0 Å². The second kappa shape index (κ2) is 7.55. The molecule has 4 aromatic rings. The lowest BCUT2D eigenvalue weighted by molar-refractivity contribution is -0.117. The summed E-state index contributed by atoms with van der Waals surface area (Å²) in [5.74, 6) is -0.250. The van der Waals surface area contributed by atoms with E-state index >= 15 is 0 Å². The smallest absolute Gasteiger partial charge is 0.293 e. The fraction of sp³-hybridized carbons (Fsp3) is 0.100. The van der Waals surface area contributed by atoms with E-state index in [0.717, 1.165) is 10.2 Å². The molecule has 8 nitrogen and oxygen atoms in total. The summed E-state index contributed by atoms with van der Waals surface area (Å²) in [6.45, 7) is -0.311. The zero-order chi connectivity index (χ0) is 20.4. The maximum Gasteiger partial charge on any atom is 0.293 e. The molecule has 0 spiro atoms. The molecule has 29 heavy (non-hydrogen) atoms. The maximum atomic E-state index is 13.2. The molecule has 0 atom stereocenters. The van der Waals surface area contributed by atoms with Crippen molar-refractivity contribution in [3.8, 4) is 17.0 Å². The van der Waals surface area contributed by atoms with Gasteiger partial charge in [0.2, 0.25) is 5.91 Å². The van der Waals surface area contributed by atoms with Gasteiger partial charge in [0.25, 0.3) is 5.56 Å². The van der Waals surface area contributed by atoms with Gasteiger partial charge in [0.15, 0.2) is 0 Å². The average Bonchev–Trinajstić information content (AvgIpc) is 3.15. The summed E-state index contributed by atoms with van der Waals surface area (Å²) in [6.07, 6.45) is 1.36. The normalized spacial score (nSPS) is 10.8. The van der Waals surface area contributed by atoms with Crippen LogP contribution in [0.3, 0.4) is 0 Å². The van der Waals surface area contributed by atoms with Gasteiger partial charge in [-0.3, -0.25) is 9.59 Å². The van der Waals surface area contributed by atoms with Crippen molar-refractivity contribution < 1.29 is 13.9 Å². The van der Waals surface area contributed by atoms with E-state index in [9.17, 15) is 14.0 Å². The number of aromatic nitrogens is 4. The fourth-order valence-corrected chi connectivity index (χ4v) is 2.86. The van der Waals surface area contributed by atoms with E-state index in [1.165, 1.54) is 29.0 Å². The van der Waals surface area contributed by atoms with Gasteiger partial charge in [-0.1, -0.05) is 6.07 Å². The van der Waals surface area contributed by atoms with E-state index in [0.29, 0.717) is 17.1 Å². The first kappa shape index (κ1) is 18.4. The molecule has 146 valence electrons. The average molecular weight is 393 g/mol. The zero-order valence-corrected chi connectivity index (χ0v) is 15.4. The van der Waals surface area contributed by atoms with E-state index < -0.39 is 17.3 Å². The van der Waals surface area contributed by atoms with E-state index in [1.807, 2.05) is 12.1 Å². The van der Waals surface area contributed by atoms with Crippen LogP contribution < -0.4 is 15.6 Å². The first-order valence-electron chi connectivity index (χ1n) is 8.69. The van der Waals surface area contributed by atoms with Crippen LogP contribution in [0, 0.1) is 5.82 Å². The minimum Gasteiger partial charge on any atom is -0.497 e. The number of hydrogen-bond acceptors (Lipinski definition) is 5. The highest BCUT2D eigenvalue weighted by atomic mass is 19.1. The van der Waals surface area contributed by atoms with E-state index in [4.69, 9.17) is 4.74 Å². The van der Waals surface area contributed by atoms with Crippen LogP contribution in [0.5, 0.6) is 5.75 Å². The molecule has 0 bridgehead atoms. The third-order valence-electron chi connectivity index (χ3n) is 4.28. The monoisotopic (exact) mass is 393 g/mol. The number of amides is 1. The van der Waals surface area contributed by atoms with Crippen LogP contribution in [0.15, 0.2) is 65.7 Å². The lowest BCUT2D eigenvalue weighted by atomic mass is 10.1. The Balaban J connectivity index is 1.58. The van der Waals surface area contributed by atoms with Crippen molar-refractivity contribution in [1.82, 2.24) is 19.4 Å². The van der Waals surface area contributed by atoms with E-state index in [-0.39, 0.29) is 12.1 Å². The number of hydrogen-bond donors (Lipinski definition) is 1. The highest BCUT2D eigenvalue weighted by Gasteiger charge is 2.13. The van der Waals surface area contributed by atoms with Crippen molar-refractivity contribution in [2.45, 2.75) is 6.54 Å². The van der Waals surface area contributed by atoms with Crippen molar-refractivity contribution in [2.75, 3.05) is 12.4 Å². The SMILES string of the molecule is COc1ccc(-c2cc3c(=O)n(CC(=O)Nc4cccc(F)c4)ncn3n2)cc1. The minimum atomic E-state index is -0.496. The second-order valence-electron chi connectivity index (χ2n) is 6.24. The molecular formula is C20H16FN5O3. The third kappa shape index (κ3) is 3.84. The van der Waals surface area contributed by atoms with Crippen molar-refractivity contribution in [1.29, 1.82) is 0 Å². The highest BCUT2D eigenvalue weighted by molar-refractivity contribution is 5.90. The van der Waals surface area contributed by atoms with Gasteiger partial charge in [-0.2, -0.15) is 10.2 Å². The Hall–Kier alpha value is -4.01. The Bertz CT molecular complexity index is 1250. The molecule has 2 aromatic heterocycles.